The average Bonchev–Trinajstić information content (AvgIpc) is 3.16. The first-order valence-corrected chi connectivity index (χ1v) is 7.44. The summed E-state index contributed by atoms with van der Waals surface area (Å²) in [4.78, 5) is 5.04. The summed E-state index contributed by atoms with van der Waals surface area (Å²) in [5.74, 6) is 1.00. The van der Waals surface area contributed by atoms with E-state index < -0.39 is 0 Å². The SMILES string of the molecule is CCC(NCCCN1CCN(C)CC1)C1CC1. The first kappa shape index (κ1) is 13.3. The smallest absolute Gasteiger partial charge is 0.0110 e. The third kappa shape index (κ3) is 4.57. The summed E-state index contributed by atoms with van der Waals surface area (Å²) < 4.78 is 0. The van der Waals surface area contributed by atoms with Gasteiger partial charge in [-0.1, -0.05) is 6.92 Å². The molecule has 0 radical (unpaired) electrons. The maximum absolute atomic E-state index is 3.74. The number of nitrogens with one attached hydrogen (secondary N) is 1. The molecule has 0 aromatic heterocycles. The maximum Gasteiger partial charge on any atom is 0.0110 e. The summed E-state index contributed by atoms with van der Waals surface area (Å²) in [5, 5.41) is 3.74. The van der Waals surface area contributed by atoms with Gasteiger partial charge in [0.15, 0.2) is 0 Å². The standard InChI is InChI=1S/C14H29N3/c1-3-14(13-5-6-13)15-7-4-8-17-11-9-16(2)10-12-17/h13-15H,3-12H2,1-2H3. The van der Waals surface area contributed by atoms with Crippen LogP contribution in [0.1, 0.15) is 32.6 Å². The number of rotatable bonds is 7. The molecule has 1 N–H and O–H groups in total. The van der Waals surface area contributed by atoms with E-state index in [2.05, 4.69) is 29.1 Å². The summed E-state index contributed by atoms with van der Waals surface area (Å²) in [6.45, 7) is 9.81. The molecule has 2 rings (SSSR count). The van der Waals surface area contributed by atoms with Gasteiger partial charge >= 0.3 is 0 Å². The minimum atomic E-state index is 0.808. The molecule has 1 aliphatic heterocycles. The lowest BCUT2D eigenvalue weighted by Crippen LogP contribution is -2.45. The van der Waals surface area contributed by atoms with Gasteiger partial charge in [-0.15, -0.1) is 0 Å². The largest absolute Gasteiger partial charge is 0.314 e. The van der Waals surface area contributed by atoms with Gasteiger partial charge in [-0.2, -0.15) is 0 Å². The van der Waals surface area contributed by atoms with Gasteiger partial charge in [0.25, 0.3) is 0 Å². The molecule has 0 spiro atoms. The molecule has 1 heterocycles. The van der Waals surface area contributed by atoms with E-state index >= 15 is 0 Å². The highest BCUT2D eigenvalue weighted by atomic mass is 15.2. The molecule has 0 aromatic rings. The van der Waals surface area contributed by atoms with E-state index in [1.165, 1.54) is 65.0 Å². The van der Waals surface area contributed by atoms with Crippen LogP contribution in [0.25, 0.3) is 0 Å². The summed E-state index contributed by atoms with van der Waals surface area (Å²) >= 11 is 0. The zero-order valence-electron chi connectivity index (χ0n) is 11.6. The van der Waals surface area contributed by atoms with Crippen molar-refractivity contribution >= 4 is 0 Å². The third-order valence-corrected chi connectivity index (χ3v) is 4.28. The molecular formula is C14H29N3. The van der Waals surface area contributed by atoms with Crippen LogP contribution in [-0.2, 0) is 0 Å². The van der Waals surface area contributed by atoms with E-state index in [0.717, 1.165) is 12.0 Å². The van der Waals surface area contributed by atoms with Crippen LogP contribution in [0.4, 0.5) is 0 Å². The first-order chi connectivity index (χ1) is 8.29. The van der Waals surface area contributed by atoms with Crippen molar-refractivity contribution in [2.75, 3.05) is 46.3 Å². The number of hydrogen-bond donors (Lipinski definition) is 1. The average molecular weight is 239 g/mol. The molecule has 17 heavy (non-hydrogen) atoms. The van der Waals surface area contributed by atoms with E-state index in [1.54, 1.807) is 0 Å². The maximum atomic E-state index is 3.74. The highest BCUT2D eigenvalue weighted by molar-refractivity contribution is 4.85. The molecule has 1 saturated carbocycles. The Morgan fingerprint density at radius 2 is 1.88 bits per heavy atom. The van der Waals surface area contributed by atoms with Crippen molar-refractivity contribution in [1.29, 1.82) is 0 Å². The lowest BCUT2D eigenvalue weighted by molar-refractivity contribution is 0.152. The zero-order valence-corrected chi connectivity index (χ0v) is 11.6. The van der Waals surface area contributed by atoms with E-state index in [4.69, 9.17) is 0 Å². The Morgan fingerprint density at radius 3 is 2.47 bits per heavy atom. The van der Waals surface area contributed by atoms with Crippen molar-refractivity contribution in [3.05, 3.63) is 0 Å². The van der Waals surface area contributed by atoms with E-state index in [-0.39, 0.29) is 0 Å². The minimum absolute atomic E-state index is 0.808. The van der Waals surface area contributed by atoms with Crippen LogP contribution in [-0.4, -0.2) is 62.2 Å². The zero-order chi connectivity index (χ0) is 12.1. The van der Waals surface area contributed by atoms with E-state index in [9.17, 15) is 0 Å². The quantitative estimate of drug-likeness (QED) is 0.678. The van der Waals surface area contributed by atoms with Crippen LogP contribution in [0.15, 0.2) is 0 Å². The van der Waals surface area contributed by atoms with Gasteiger partial charge in [-0.3, -0.25) is 0 Å². The number of likely N-dealkylation sites (N-methyl/N-ethyl adjacent to an activating group) is 1. The van der Waals surface area contributed by atoms with Crippen LogP contribution in [0.2, 0.25) is 0 Å². The predicted molar refractivity (Wildman–Crippen MR) is 73.4 cm³/mol. The van der Waals surface area contributed by atoms with Gasteiger partial charge in [-0.25, -0.2) is 0 Å². The highest BCUT2D eigenvalue weighted by Crippen LogP contribution is 2.33. The lowest BCUT2D eigenvalue weighted by atomic mass is 10.1. The van der Waals surface area contributed by atoms with Crippen molar-refractivity contribution < 1.29 is 0 Å². The van der Waals surface area contributed by atoms with E-state index in [0.29, 0.717) is 0 Å². The molecule has 0 amide bonds. The second kappa shape index (κ2) is 6.72. The number of hydrogen-bond acceptors (Lipinski definition) is 3. The predicted octanol–water partition coefficient (Wildman–Crippen LogP) is 1.40. The Hall–Kier alpha value is -0.120. The van der Waals surface area contributed by atoms with Crippen molar-refractivity contribution in [1.82, 2.24) is 15.1 Å². The van der Waals surface area contributed by atoms with Crippen molar-refractivity contribution in [2.45, 2.75) is 38.6 Å². The molecule has 1 saturated heterocycles. The Morgan fingerprint density at radius 1 is 1.18 bits per heavy atom. The summed E-state index contributed by atoms with van der Waals surface area (Å²) in [7, 11) is 2.22. The highest BCUT2D eigenvalue weighted by Gasteiger charge is 2.29. The Kier molecular flexibility index (Phi) is 5.26. The van der Waals surface area contributed by atoms with Crippen LogP contribution in [0.5, 0.6) is 0 Å². The minimum Gasteiger partial charge on any atom is -0.314 e. The van der Waals surface area contributed by atoms with Gasteiger partial charge in [0.2, 0.25) is 0 Å². The fourth-order valence-corrected chi connectivity index (χ4v) is 2.80. The first-order valence-electron chi connectivity index (χ1n) is 7.44. The second-order valence-electron chi connectivity index (χ2n) is 5.80. The Balaban J connectivity index is 1.50. The van der Waals surface area contributed by atoms with Crippen LogP contribution < -0.4 is 5.32 Å². The molecule has 1 aliphatic carbocycles. The Labute approximate surface area is 107 Å². The van der Waals surface area contributed by atoms with Gasteiger partial charge in [0.1, 0.15) is 0 Å². The number of nitrogens with zero attached hydrogens (tertiary/aromatic N) is 2. The van der Waals surface area contributed by atoms with Crippen LogP contribution in [0, 0.1) is 5.92 Å². The molecule has 3 nitrogen and oxygen atoms in total. The molecule has 3 heteroatoms. The fourth-order valence-electron chi connectivity index (χ4n) is 2.80. The molecule has 0 bridgehead atoms. The molecule has 2 fully saturated rings. The molecule has 100 valence electrons. The van der Waals surface area contributed by atoms with Crippen LogP contribution in [0.3, 0.4) is 0 Å². The number of piperazine rings is 1. The van der Waals surface area contributed by atoms with E-state index in [1.807, 2.05) is 0 Å². The fraction of sp³-hybridized carbons (Fsp3) is 1.00. The molecular weight excluding hydrogens is 210 g/mol. The molecule has 1 unspecified atom stereocenters. The summed E-state index contributed by atoms with van der Waals surface area (Å²) in [6, 6.07) is 0.808. The summed E-state index contributed by atoms with van der Waals surface area (Å²) in [5.41, 5.74) is 0. The normalized spacial score (nSPS) is 25.1. The topological polar surface area (TPSA) is 18.5 Å². The van der Waals surface area contributed by atoms with Crippen molar-refractivity contribution in [3.63, 3.8) is 0 Å². The second-order valence-corrected chi connectivity index (χ2v) is 5.80. The molecule has 0 aromatic carbocycles. The summed E-state index contributed by atoms with van der Waals surface area (Å²) in [6.07, 6.45) is 5.54. The van der Waals surface area contributed by atoms with Gasteiger partial charge in [0.05, 0.1) is 0 Å². The molecule has 1 atom stereocenters. The van der Waals surface area contributed by atoms with Crippen LogP contribution >= 0.6 is 0 Å². The van der Waals surface area contributed by atoms with Crippen molar-refractivity contribution in [2.24, 2.45) is 5.92 Å². The monoisotopic (exact) mass is 239 g/mol. The molecule has 2 aliphatic rings. The van der Waals surface area contributed by atoms with Crippen molar-refractivity contribution in [3.8, 4) is 0 Å². The van der Waals surface area contributed by atoms with Gasteiger partial charge in [0, 0.05) is 32.2 Å². The Bertz CT molecular complexity index is 208. The lowest BCUT2D eigenvalue weighted by Gasteiger charge is -2.32. The van der Waals surface area contributed by atoms with Gasteiger partial charge < -0.3 is 15.1 Å². The third-order valence-electron chi connectivity index (χ3n) is 4.28. The van der Waals surface area contributed by atoms with Gasteiger partial charge in [-0.05, 0) is 51.7 Å².